The van der Waals surface area contributed by atoms with Gasteiger partial charge in [-0.05, 0) is 103 Å². The molecule has 278 valence electrons. The van der Waals surface area contributed by atoms with Crippen LogP contribution in [0.15, 0.2) is 179 Å². The van der Waals surface area contributed by atoms with Crippen molar-refractivity contribution >= 4 is 94.1 Å². The minimum atomic E-state index is -1.68. The summed E-state index contributed by atoms with van der Waals surface area (Å²) in [4.78, 5) is 0. The molecule has 8 aromatic carbocycles. The number of aromatic nitrogens is 2. The fraction of sp³-hybridized carbons (Fsp3) is 0.0588. The molecule has 5 nitrogen and oxygen atoms in total. The van der Waals surface area contributed by atoms with Crippen LogP contribution in [0.3, 0.4) is 0 Å². The molecule has 0 bridgehead atoms. The molecule has 2 N–H and O–H groups in total. The number of para-hydroxylation sites is 4. The number of benzene rings is 8. The monoisotopic (exact) mass is 814 g/mol. The number of hydrogen-bond donors (Lipinski definition) is 2. The van der Waals surface area contributed by atoms with Crippen LogP contribution < -0.4 is 5.46 Å². The summed E-state index contributed by atoms with van der Waals surface area (Å²) in [6.07, 6.45) is 2.33. The summed E-state index contributed by atoms with van der Waals surface area (Å²) in [5.74, 6) is 0. The van der Waals surface area contributed by atoms with Crippen molar-refractivity contribution in [1.29, 1.82) is 0 Å². The van der Waals surface area contributed by atoms with E-state index in [4.69, 9.17) is 4.42 Å². The third kappa shape index (κ3) is 5.61. The lowest BCUT2D eigenvalue weighted by molar-refractivity contribution is 0.425. The van der Waals surface area contributed by atoms with E-state index >= 15 is 0 Å². The summed E-state index contributed by atoms with van der Waals surface area (Å²) < 4.78 is 12.4. The van der Waals surface area contributed by atoms with Gasteiger partial charge in [0.15, 0.2) is 0 Å². The van der Waals surface area contributed by atoms with Crippen molar-refractivity contribution in [3.63, 3.8) is 0 Å². The first kappa shape index (κ1) is 34.8. The van der Waals surface area contributed by atoms with Crippen LogP contribution >= 0.6 is 15.9 Å². The number of fused-ring (bicyclic) bond motifs is 9. The predicted octanol–water partition coefficient (Wildman–Crippen LogP) is 12.1. The number of aryl methyl sites for hydroxylation is 2. The number of furan rings is 1. The molecule has 0 atom stereocenters. The van der Waals surface area contributed by atoms with E-state index in [1.165, 1.54) is 32.8 Å². The smallest absolute Gasteiger partial charge is 0.456 e. The maximum absolute atomic E-state index is 10.9. The maximum atomic E-state index is 10.9. The molecule has 0 aliphatic rings. The average molecular weight is 816 g/mol. The molecule has 0 aliphatic carbocycles. The van der Waals surface area contributed by atoms with Gasteiger partial charge in [-0.1, -0.05) is 119 Å². The number of halogens is 1. The normalized spacial score (nSPS) is 11.9. The minimum absolute atomic E-state index is 0.436. The molecule has 58 heavy (non-hydrogen) atoms. The van der Waals surface area contributed by atoms with Gasteiger partial charge >= 0.3 is 7.12 Å². The predicted molar refractivity (Wildman–Crippen MR) is 244 cm³/mol. The fourth-order valence-corrected chi connectivity index (χ4v) is 9.54. The molecule has 3 aromatic heterocycles. The second-order valence-corrected chi connectivity index (χ2v) is 16.0. The van der Waals surface area contributed by atoms with Crippen molar-refractivity contribution in [3.8, 4) is 22.5 Å². The van der Waals surface area contributed by atoms with Crippen molar-refractivity contribution in [2.24, 2.45) is 0 Å². The Hall–Kier alpha value is -6.38. The zero-order valence-electron chi connectivity index (χ0n) is 31.4. The van der Waals surface area contributed by atoms with Crippen LogP contribution in [0.5, 0.6) is 0 Å². The largest absolute Gasteiger partial charge is 0.492 e. The summed E-state index contributed by atoms with van der Waals surface area (Å²) in [5, 5.41) is 28.3. The van der Waals surface area contributed by atoms with Gasteiger partial charge in [0.1, 0.15) is 11.2 Å². The van der Waals surface area contributed by atoms with Crippen LogP contribution in [0.1, 0.15) is 17.5 Å². The molecule has 11 aromatic rings. The molecular weight excluding hydrogens is 779 g/mol. The Morgan fingerprint density at radius 1 is 0.483 bits per heavy atom. The fourth-order valence-electron chi connectivity index (χ4n) is 9.18. The third-order valence-electron chi connectivity index (χ3n) is 11.8. The molecule has 0 fully saturated rings. The second-order valence-electron chi connectivity index (χ2n) is 15.1. The highest BCUT2D eigenvalue weighted by Gasteiger charge is 2.25. The van der Waals surface area contributed by atoms with Crippen molar-refractivity contribution in [2.45, 2.75) is 19.3 Å². The lowest BCUT2D eigenvalue weighted by atomic mass is 9.75. The molecule has 3 heterocycles. The van der Waals surface area contributed by atoms with Gasteiger partial charge in [0, 0.05) is 59.2 Å². The SMILES string of the molecule is OB(O)c1c(CCCc2ccc3c4cc(Br)ccc4n(-c4ccccc4)c3c2)ccc2c1oc1c(-c3ccc4c(c3)c3ccccc3n4-c3ccccc3)cccc12. The lowest BCUT2D eigenvalue weighted by Gasteiger charge is -2.11. The molecule has 7 heteroatoms. The van der Waals surface area contributed by atoms with Crippen LogP contribution in [0.25, 0.3) is 88.1 Å². The summed E-state index contributed by atoms with van der Waals surface area (Å²) in [6, 6.07) is 59.6. The topological polar surface area (TPSA) is 63.5 Å². The second kappa shape index (κ2) is 13.9. The summed E-state index contributed by atoms with van der Waals surface area (Å²) in [6.45, 7) is 0. The van der Waals surface area contributed by atoms with E-state index in [1.54, 1.807) is 0 Å². The van der Waals surface area contributed by atoms with Gasteiger partial charge in [-0.3, -0.25) is 0 Å². The van der Waals surface area contributed by atoms with E-state index in [9.17, 15) is 10.0 Å². The minimum Gasteiger partial charge on any atom is -0.456 e. The standard InChI is InChI=1S/C51H36BBrN2O3/c53-35-24-28-47-44(31-35)40-25-21-32(29-48(40)55(47)37-15-5-2-6-16-37)11-9-12-33-22-26-42-41-19-10-18-38(50(41)58-51(42)49(33)52(56)57)34-23-27-46-43(30-34)39-17-7-8-20-45(39)54(46)36-13-3-1-4-14-36/h1-8,10,13-31,56-57H,9,11-12H2. The van der Waals surface area contributed by atoms with Gasteiger partial charge in [-0.15, -0.1) is 0 Å². The van der Waals surface area contributed by atoms with Crippen LogP contribution in [0.2, 0.25) is 0 Å². The van der Waals surface area contributed by atoms with Crippen molar-refractivity contribution in [2.75, 3.05) is 0 Å². The van der Waals surface area contributed by atoms with Gasteiger partial charge in [-0.25, -0.2) is 0 Å². The Kier molecular flexibility index (Phi) is 8.36. The Morgan fingerprint density at radius 2 is 1.10 bits per heavy atom. The first-order valence-electron chi connectivity index (χ1n) is 19.7. The molecule has 0 amide bonds. The van der Waals surface area contributed by atoms with Crippen molar-refractivity contribution in [1.82, 2.24) is 9.13 Å². The van der Waals surface area contributed by atoms with E-state index < -0.39 is 7.12 Å². The zero-order chi connectivity index (χ0) is 38.9. The number of hydrogen-bond acceptors (Lipinski definition) is 3. The molecule has 0 spiro atoms. The van der Waals surface area contributed by atoms with E-state index in [2.05, 4.69) is 177 Å². The van der Waals surface area contributed by atoms with Gasteiger partial charge in [0.05, 0.1) is 22.1 Å². The molecule has 0 unspecified atom stereocenters. The van der Waals surface area contributed by atoms with E-state index in [1.807, 2.05) is 18.2 Å². The highest BCUT2D eigenvalue weighted by molar-refractivity contribution is 9.10. The van der Waals surface area contributed by atoms with E-state index in [0.29, 0.717) is 17.5 Å². The first-order chi connectivity index (χ1) is 28.5. The molecular formula is C51H36BBrN2O3. The van der Waals surface area contributed by atoms with Crippen LogP contribution in [-0.2, 0) is 12.8 Å². The first-order valence-corrected chi connectivity index (χ1v) is 20.5. The van der Waals surface area contributed by atoms with E-state index in [0.717, 1.165) is 78.2 Å². The maximum Gasteiger partial charge on any atom is 0.492 e. The quantitative estimate of drug-likeness (QED) is 0.150. The number of nitrogens with zero attached hydrogens (tertiary/aromatic N) is 2. The van der Waals surface area contributed by atoms with Crippen LogP contribution in [0, 0.1) is 0 Å². The van der Waals surface area contributed by atoms with Gasteiger partial charge < -0.3 is 23.6 Å². The van der Waals surface area contributed by atoms with Gasteiger partial charge in [0.2, 0.25) is 0 Å². The Balaban J connectivity index is 0.949. The molecule has 0 aliphatic heterocycles. The molecule has 11 rings (SSSR count). The van der Waals surface area contributed by atoms with Crippen molar-refractivity contribution < 1.29 is 14.5 Å². The molecule has 0 radical (unpaired) electrons. The molecule has 0 saturated heterocycles. The summed E-state index contributed by atoms with van der Waals surface area (Å²) in [5.41, 5.74) is 12.7. The van der Waals surface area contributed by atoms with Gasteiger partial charge in [-0.2, -0.15) is 0 Å². The van der Waals surface area contributed by atoms with Gasteiger partial charge in [0.25, 0.3) is 0 Å². The highest BCUT2D eigenvalue weighted by Crippen LogP contribution is 2.40. The van der Waals surface area contributed by atoms with Crippen LogP contribution in [-0.4, -0.2) is 26.3 Å². The number of rotatable bonds is 8. The summed E-state index contributed by atoms with van der Waals surface area (Å²) >= 11 is 3.68. The third-order valence-corrected chi connectivity index (χ3v) is 12.3. The zero-order valence-corrected chi connectivity index (χ0v) is 33.0. The molecule has 0 saturated carbocycles. The Labute approximate surface area is 343 Å². The summed E-state index contributed by atoms with van der Waals surface area (Å²) in [7, 11) is -1.68. The highest BCUT2D eigenvalue weighted by atomic mass is 79.9. The Morgan fingerprint density at radius 3 is 1.88 bits per heavy atom. The average Bonchev–Trinajstić information content (AvgIpc) is 3.91. The van der Waals surface area contributed by atoms with Crippen LogP contribution in [0.4, 0.5) is 0 Å². The Bertz CT molecular complexity index is 3370. The lowest BCUT2D eigenvalue weighted by Crippen LogP contribution is -2.33. The van der Waals surface area contributed by atoms with E-state index in [-0.39, 0.29) is 0 Å². The van der Waals surface area contributed by atoms with Crippen molar-refractivity contribution in [3.05, 3.63) is 185 Å².